The van der Waals surface area contributed by atoms with Gasteiger partial charge in [0.2, 0.25) is 0 Å². The molecule has 2 aromatic rings. The first-order chi connectivity index (χ1) is 10.1. The third kappa shape index (κ3) is 4.60. The first-order valence-corrected chi connectivity index (χ1v) is 7.99. The summed E-state index contributed by atoms with van der Waals surface area (Å²) in [7, 11) is 0. The second-order valence-corrected chi connectivity index (χ2v) is 6.30. The van der Waals surface area contributed by atoms with E-state index in [1.807, 2.05) is 42.6 Å². The molecule has 1 N–H and O–H groups in total. The average molecular weight is 303 g/mol. The van der Waals surface area contributed by atoms with Crippen molar-refractivity contribution in [3.63, 3.8) is 0 Å². The molecule has 2 rings (SSSR count). The average Bonchev–Trinajstić information content (AvgIpc) is 2.99. The molecule has 0 radical (unpaired) electrons. The van der Waals surface area contributed by atoms with Crippen molar-refractivity contribution < 1.29 is 9.53 Å². The van der Waals surface area contributed by atoms with E-state index in [0.29, 0.717) is 5.92 Å². The van der Waals surface area contributed by atoms with Crippen LogP contribution >= 0.6 is 11.3 Å². The molecule has 1 aromatic heterocycles. The van der Waals surface area contributed by atoms with Gasteiger partial charge in [-0.1, -0.05) is 32.0 Å². The Morgan fingerprint density at radius 2 is 2.05 bits per heavy atom. The van der Waals surface area contributed by atoms with E-state index in [1.165, 1.54) is 5.56 Å². The number of amides is 1. The summed E-state index contributed by atoms with van der Waals surface area (Å²) in [5, 5.41) is 4.94. The molecule has 0 spiro atoms. The van der Waals surface area contributed by atoms with Crippen LogP contribution in [0.1, 0.15) is 43.2 Å². The van der Waals surface area contributed by atoms with Gasteiger partial charge in [-0.05, 0) is 42.0 Å². The van der Waals surface area contributed by atoms with E-state index in [1.54, 1.807) is 11.3 Å². The first-order valence-electron chi connectivity index (χ1n) is 7.12. The molecule has 1 amide bonds. The number of thiophene rings is 1. The van der Waals surface area contributed by atoms with Gasteiger partial charge in [-0.25, -0.2) is 0 Å². The summed E-state index contributed by atoms with van der Waals surface area (Å²) < 4.78 is 5.57. The first kappa shape index (κ1) is 15.6. The lowest BCUT2D eigenvalue weighted by Crippen LogP contribution is -2.30. The number of hydrogen-bond donors (Lipinski definition) is 1. The molecule has 0 saturated heterocycles. The van der Waals surface area contributed by atoms with Crippen LogP contribution < -0.4 is 10.1 Å². The summed E-state index contributed by atoms with van der Waals surface area (Å²) in [6.45, 7) is 6.28. The van der Waals surface area contributed by atoms with Crippen molar-refractivity contribution in [2.24, 2.45) is 0 Å². The smallest absolute Gasteiger partial charge is 0.258 e. The Labute approximate surface area is 130 Å². The molecule has 0 fully saturated rings. The van der Waals surface area contributed by atoms with E-state index >= 15 is 0 Å². The molecule has 0 aliphatic rings. The molecule has 3 nitrogen and oxygen atoms in total. The zero-order chi connectivity index (χ0) is 15.2. The van der Waals surface area contributed by atoms with Gasteiger partial charge in [0.15, 0.2) is 6.61 Å². The molecule has 0 bridgehead atoms. The molecular formula is C17H21NO2S. The van der Waals surface area contributed by atoms with Crippen molar-refractivity contribution in [1.82, 2.24) is 5.32 Å². The molecule has 21 heavy (non-hydrogen) atoms. The minimum Gasteiger partial charge on any atom is -0.484 e. The van der Waals surface area contributed by atoms with Gasteiger partial charge >= 0.3 is 0 Å². The second kappa shape index (κ2) is 7.27. The van der Waals surface area contributed by atoms with Crippen LogP contribution in [0.4, 0.5) is 0 Å². The fourth-order valence-electron chi connectivity index (χ4n) is 2.00. The molecule has 1 unspecified atom stereocenters. The molecule has 0 aliphatic carbocycles. The fraction of sp³-hybridized carbons (Fsp3) is 0.353. The summed E-state index contributed by atoms with van der Waals surface area (Å²) in [5.41, 5.74) is 1.21. The summed E-state index contributed by atoms with van der Waals surface area (Å²) in [4.78, 5) is 13.1. The monoisotopic (exact) mass is 303 g/mol. The largest absolute Gasteiger partial charge is 0.484 e. The Bertz CT molecular complexity index is 578. The molecule has 0 saturated carbocycles. The molecule has 0 aliphatic heterocycles. The summed E-state index contributed by atoms with van der Waals surface area (Å²) >= 11 is 1.64. The van der Waals surface area contributed by atoms with Crippen LogP contribution in [0.25, 0.3) is 0 Å². The van der Waals surface area contributed by atoms with Gasteiger partial charge in [-0.3, -0.25) is 4.79 Å². The standard InChI is InChI=1S/C17H21NO2S/c1-12(2)14-6-4-7-15(10-14)20-11-17(19)18-13(3)16-8-5-9-21-16/h4-10,12-13H,11H2,1-3H3,(H,18,19). The maximum atomic E-state index is 11.9. The van der Waals surface area contributed by atoms with Crippen LogP contribution in [0.15, 0.2) is 41.8 Å². The lowest BCUT2D eigenvalue weighted by Gasteiger charge is -2.13. The van der Waals surface area contributed by atoms with Gasteiger partial charge in [0.1, 0.15) is 5.75 Å². The normalized spacial score (nSPS) is 12.2. The summed E-state index contributed by atoms with van der Waals surface area (Å²) in [5.74, 6) is 1.08. The molecule has 1 aromatic carbocycles. The van der Waals surface area contributed by atoms with Gasteiger partial charge in [-0.2, -0.15) is 0 Å². The second-order valence-electron chi connectivity index (χ2n) is 5.32. The van der Waals surface area contributed by atoms with Crippen molar-refractivity contribution >= 4 is 17.2 Å². The minimum atomic E-state index is -0.106. The van der Waals surface area contributed by atoms with E-state index < -0.39 is 0 Å². The van der Waals surface area contributed by atoms with Gasteiger partial charge in [0.05, 0.1) is 6.04 Å². The Kier molecular flexibility index (Phi) is 5.39. The van der Waals surface area contributed by atoms with Crippen molar-refractivity contribution in [2.45, 2.75) is 32.7 Å². The van der Waals surface area contributed by atoms with E-state index in [2.05, 4.69) is 25.2 Å². The van der Waals surface area contributed by atoms with Crippen LogP contribution in [-0.4, -0.2) is 12.5 Å². The predicted molar refractivity (Wildman–Crippen MR) is 86.9 cm³/mol. The van der Waals surface area contributed by atoms with Crippen LogP contribution in [-0.2, 0) is 4.79 Å². The number of nitrogens with one attached hydrogen (secondary N) is 1. The molecular weight excluding hydrogens is 282 g/mol. The number of carbonyl (C=O) groups excluding carboxylic acids is 1. The Morgan fingerprint density at radius 1 is 1.24 bits per heavy atom. The maximum Gasteiger partial charge on any atom is 0.258 e. The highest BCUT2D eigenvalue weighted by molar-refractivity contribution is 7.10. The third-order valence-electron chi connectivity index (χ3n) is 3.24. The highest BCUT2D eigenvalue weighted by Crippen LogP contribution is 2.20. The summed E-state index contributed by atoms with van der Waals surface area (Å²) in [6.07, 6.45) is 0. The quantitative estimate of drug-likeness (QED) is 0.871. The Morgan fingerprint density at radius 3 is 2.71 bits per heavy atom. The SMILES string of the molecule is CC(C)c1cccc(OCC(=O)NC(C)c2cccs2)c1. The molecule has 112 valence electrons. The van der Waals surface area contributed by atoms with Crippen molar-refractivity contribution in [2.75, 3.05) is 6.61 Å². The lowest BCUT2D eigenvalue weighted by molar-refractivity contribution is -0.123. The van der Waals surface area contributed by atoms with Gasteiger partial charge in [0.25, 0.3) is 5.91 Å². The molecule has 1 atom stereocenters. The number of benzene rings is 1. The van der Waals surface area contributed by atoms with Gasteiger partial charge in [-0.15, -0.1) is 11.3 Å². The summed E-state index contributed by atoms with van der Waals surface area (Å²) in [6, 6.07) is 11.9. The number of ether oxygens (including phenoxy) is 1. The van der Waals surface area contributed by atoms with Gasteiger partial charge < -0.3 is 10.1 Å². The van der Waals surface area contributed by atoms with Crippen LogP contribution in [0.5, 0.6) is 5.75 Å². The highest BCUT2D eigenvalue weighted by atomic mass is 32.1. The number of rotatable bonds is 6. The fourth-order valence-corrected chi connectivity index (χ4v) is 2.74. The lowest BCUT2D eigenvalue weighted by atomic mass is 10.0. The number of carbonyl (C=O) groups is 1. The van der Waals surface area contributed by atoms with Crippen LogP contribution in [0.2, 0.25) is 0 Å². The van der Waals surface area contributed by atoms with Crippen LogP contribution in [0.3, 0.4) is 0 Å². The predicted octanol–water partition coefficient (Wildman–Crippen LogP) is 4.13. The van der Waals surface area contributed by atoms with E-state index in [0.717, 1.165) is 10.6 Å². The van der Waals surface area contributed by atoms with Crippen LogP contribution in [0, 0.1) is 0 Å². The van der Waals surface area contributed by atoms with Crippen molar-refractivity contribution in [3.8, 4) is 5.75 Å². The van der Waals surface area contributed by atoms with E-state index in [-0.39, 0.29) is 18.6 Å². The highest BCUT2D eigenvalue weighted by Gasteiger charge is 2.11. The Balaban J connectivity index is 1.85. The van der Waals surface area contributed by atoms with Crippen molar-refractivity contribution in [1.29, 1.82) is 0 Å². The van der Waals surface area contributed by atoms with Gasteiger partial charge in [0, 0.05) is 4.88 Å². The topological polar surface area (TPSA) is 38.3 Å². The zero-order valence-corrected chi connectivity index (χ0v) is 13.4. The van der Waals surface area contributed by atoms with E-state index in [9.17, 15) is 4.79 Å². The maximum absolute atomic E-state index is 11.9. The third-order valence-corrected chi connectivity index (χ3v) is 4.30. The Hall–Kier alpha value is -1.81. The van der Waals surface area contributed by atoms with E-state index in [4.69, 9.17) is 4.74 Å². The molecule has 1 heterocycles. The minimum absolute atomic E-state index is 0.0168. The van der Waals surface area contributed by atoms with Crippen molar-refractivity contribution in [3.05, 3.63) is 52.2 Å². The number of hydrogen-bond acceptors (Lipinski definition) is 3. The molecule has 4 heteroatoms. The zero-order valence-electron chi connectivity index (χ0n) is 12.6.